The van der Waals surface area contributed by atoms with E-state index in [1.165, 1.54) is 17.9 Å². The second kappa shape index (κ2) is 5.51. The summed E-state index contributed by atoms with van der Waals surface area (Å²) in [6.07, 6.45) is 1.28. The number of aromatic nitrogens is 1. The number of hydrogen-bond donors (Lipinski definition) is 0. The SMILES string of the molecule is Cc1ccc(Br)c(CSCC2C3CCOCC32)n1. The van der Waals surface area contributed by atoms with E-state index >= 15 is 0 Å². The number of rotatable bonds is 4. The van der Waals surface area contributed by atoms with Crippen molar-refractivity contribution < 1.29 is 4.74 Å². The summed E-state index contributed by atoms with van der Waals surface area (Å²) < 4.78 is 6.66. The second-order valence-electron chi connectivity index (χ2n) is 5.25. The minimum absolute atomic E-state index is 0.861. The first-order valence-electron chi connectivity index (χ1n) is 6.53. The summed E-state index contributed by atoms with van der Waals surface area (Å²) in [4.78, 5) is 4.59. The van der Waals surface area contributed by atoms with Crippen molar-refractivity contribution in [3.8, 4) is 0 Å². The molecule has 3 atom stereocenters. The summed E-state index contributed by atoms with van der Waals surface area (Å²) >= 11 is 5.60. The summed E-state index contributed by atoms with van der Waals surface area (Å²) in [6.45, 7) is 4.03. The number of ether oxygens (including phenoxy) is 1. The number of aryl methyl sites for hydroxylation is 1. The van der Waals surface area contributed by atoms with Crippen LogP contribution in [0.5, 0.6) is 0 Å². The maximum absolute atomic E-state index is 5.52. The van der Waals surface area contributed by atoms with E-state index in [-0.39, 0.29) is 0 Å². The number of thioether (sulfide) groups is 1. The maximum atomic E-state index is 5.52. The highest BCUT2D eigenvalue weighted by Gasteiger charge is 2.50. The Bertz CT molecular complexity index is 428. The van der Waals surface area contributed by atoms with E-state index in [0.29, 0.717) is 0 Å². The van der Waals surface area contributed by atoms with Gasteiger partial charge in [-0.15, -0.1) is 0 Å². The van der Waals surface area contributed by atoms with Crippen molar-refractivity contribution in [1.82, 2.24) is 4.98 Å². The third-order valence-corrected chi connectivity index (χ3v) is 5.84. The van der Waals surface area contributed by atoms with Crippen LogP contribution in [0.15, 0.2) is 16.6 Å². The molecule has 98 valence electrons. The number of pyridine rings is 1. The molecular formula is C14H18BrNOS. The number of nitrogens with zero attached hydrogens (tertiary/aromatic N) is 1. The molecule has 1 aliphatic heterocycles. The van der Waals surface area contributed by atoms with E-state index in [0.717, 1.165) is 46.9 Å². The number of halogens is 1. The van der Waals surface area contributed by atoms with Gasteiger partial charge in [0, 0.05) is 29.1 Å². The number of hydrogen-bond acceptors (Lipinski definition) is 3. The fourth-order valence-electron chi connectivity index (χ4n) is 2.87. The average molecular weight is 328 g/mol. The highest BCUT2D eigenvalue weighted by Crippen LogP contribution is 2.52. The molecule has 0 spiro atoms. The normalized spacial score (nSPS) is 30.0. The largest absolute Gasteiger partial charge is 0.381 e. The molecule has 0 radical (unpaired) electrons. The van der Waals surface area contributed by atoms with Crippen molar-refractivity contribution in [2.75, 3.05) is 19.0 Å². The molecule has 0 bridgehead atoms. The lowest BCUT2D eigenvalue weighted by molar-refractivity contribution is 0.0886. The van der Waals surface area contributed by atoms with Gasteiger partial charge in [-0.3, -0.25) is 4.98 Å². The van der Waals surface area contributed by atoms with Gasteiger partial charge < -0.3 is 4.74 Å². The van der Waals surface area contributed by atoms with E-state index in [1.54, 1.807) is 0 Å². The molecule has 0 aromatic carbocycles. The topological polar surface area (TPSA) is 22.1 Å². The van der Waals surface area contributed by atoms with E-state index in [1.807, 2.05) is 24.8 Å². The van der Waals surface area contributed by atoms with Crippen LogP contribution in [-0.2, 0) is 10.5 Å². The van der Waals surface area contributed by atoms with Gasteiger partial charge in [0.15, 0.2) is 0 Å². The Kier molecular flexibility index (Phi) is 3.97. The molecule has 1 saturated carbocycles. The summed E-state index contributed by atoms with van der Waals surface area (Å²) in [5, 5.41) is 0. The van der Waals surface area contributed by atoms with Crippen LogP contribution in [0.4, 0.5) is 0 Å². The maximum Gasteiger partial charge on any atom is 0.0647 e. The first-order chi connectivity index (χ1) is 8.75. The van der Waals surface area contributed by atoms with E-state index in [2.05, 4.69) is 27.0 Å². The number of fused-ring (bicyclic) bond motifs is 1. The smallest absolute Gasteiger partial charge is 0.0647 e. The van der Waals surface area contributed by atoms with Crippen molar-refractivity contribution in [3.05, 3.63) is 28.0 Å². The van der Waals surface area contributed by atoms with Crippen molar-refractivity contribution in [2.45, 2.75) is 19.1 Å². The molecule has 0 amide bonds. The summed E-state index contributed by atoms with van der Waals surface area (Å²) in [6, 6.07) is 4.15. The molecule has 2 nitrogen and oxygen atoms in total. The zero-order valence-corrected chi connectivity index (χ0v) is 13.0. The molecule has 2 aliphatic rings. The van der Waals surface area contributed by atoms with Crippen molar-refractivity contribution in [1.29, 1.82) is 0 Å². The Morgan fingerprint density at radius 2 is 2.33 bits per heavy atom. The van der Waals surface area contributed by atoms with Gasteiger partial charge in [0.05, 0.1) is 5.69 Å². The van der Waals surface area contributed by atoms with Gasteiger partial charge >= 0.3 is 0 Å². The molecular weight excluding hydrogens is 310 g/mol. The van der Waals surface area contributed by atoms with Crippen LogP contribution in [-0.4, -0.2) is 24.0 Å². The van der Waals surface area contributed by atoms with E-state index < -0.39 is 0 Å². The summed E-state index contributed by atoms with van der Waals surface area (Å²) in [5.41, 5.74) is 2.28. The van der Waals surface area contributed by atoms with Gasteiger partial charge in [0.25, 0.3) is 0 Å². The second-order valence-corrected chi connectivity index (χ2v) is 7.14. The van der Waals surface area contributed by atoms with E-state index in [9.17, 15) is 0 Å². The van der Waals surface area contributed by atoms with Crippen LogP contribution in [0, 0.1) is 24.7 Å². The molecule has 3 rings (SSSR count). The van der Waals surface area contributed by atoms with Gasteiger partial charge in [-0.25, -0.2) is 0 Å². The molecule has 1 aliphatic carbocycles. The minimum Gasteiger partial charge on any atom is -0.381 e. The average Bonchev–Trinajstić information content (AvgIpc) is 3.08. The quantitative estimate of drug-likeness (QED) is 0.842. The van der Waals surface area contributed by atoms with Gasteiger partial charge in [-0.1, -0.05) is 0 Å². The predicted octanol–water partition coefficient (Wildman–Crippen LogP) is 3.67. The molecule has 1 saturated heterocycles. The molecule has 2 fully saturated rings. The third-order valence-electron chi connectivity index (χ3n) is 4.02. The van der Waals surface area contributed by atoms with Gasteiger partial charge in [-0.05, 0) is 64.9 Å². The fourth-order valence-corrected chi connectivity index (χ4v) is 4.72. The van der Waals surface area contributed by atoms with Crippen molar-refractivity contribution in [3.63, 3.8) is 0 Å². The van der Waals surface area contributed by atoms with Crippen LogP contribution in [0.1, 0.15) is 17.8 Å². The molecule has 0 N–H and O–H groups in total. The minimum atomic E-state index is 0.861. The van der Waals surface area contributed by atoms with Gasteiger partial charge in [0.1, 0.15) is 0 Å². The lowest BCUT2D eigenvalue weighted by atomic mass is 10.2. The van der Waals surface area contributed by atoms with Gasteiger partial charge in [-0.2, -0.15) is 11.8 Å². The van der Waals surface area contributed by atoms with Crippen LogP contribution in [0.3, 0.4) is 0 Å². The monoisotopic (exact) mass is 327 g/mol. The third kappa shape index (κ3) is 2.75. The zero-order valence-electron chi connectivity index (χ0n) is 10.6. The Balaban J connectivity index is 1.49. The zero-order chi connectivity index (χ0) is 12.5. The Morgan fingerprint density at radius 3 is 3.11 bits per heavy atom. The molecule has 1 aromatic rings. The van der Waals surface area contributed by atoms with Gasteiger partial charge in [0.2, 0.25) is 0 Å². The molecule has 3 unspecified atom stereocenters. The van der Waals surface area contributed by atoms with Crippen LogP contribution in [0.25, 0.3) is 0 Å². The summed E-state index contributed by atoms with van der Waals surface area (Å²) in [7, 11) is 0. The highest BCUT2D eigenvalue weighted by molar-refractivity contribution is 9.10. The molecule has 18 heavy (non-hydrogen) atoms. The molecule has 2 heterocycles. The van der Waals surface area contributed by atoms with Crippen LogP contribution < -0.4 is 0 Å². The first kappa shape index (κ1) is 12.9. The lowest BCUT2D eigenvalue weighted by Gasteiger charge is -2.07. The van der Waals surface area contributed by atoms with Crippen LogP contribution >= 0.6 is 27.7 Å². The Hall–Kier alpha value is -0.0600. The highest BCUT2D eigenvalue weighted by atomic mass is 79.9. The Morgan fingerprint density at radius 1 is 1.44 bits per heavy atom. The molecule has 4 heteroatoms. The molecule has 1 aromatic heterocycles. The lowest BCUT2D eigenvalue weighted by Crippen LogP contribution is -2.07. The standard InChI is InChI=1S/C14H18BrNOS/c1-9-2-3-13(15)14(16-9)8-18-7-12-10-4-5-17-6-11(10)12/h2-3,10-12H,4-8H2,1H3. The van der Waals surface area contributed by atoms with Crippen molar-refractivity contribution in [2.24, 2.45) is 17.8 Å². The van der Waals surface area contributed by atoms with Crippen molar-refractivity contribution >= 4 is 27.7 Å². The summed E-state index contributed by atoms with van der Waals surface area (Å²) in [5.74, 6) is 5.00. The Labute approximate surface area is 121 Å². The fraction of sp³-hybridized carbons (Fsp3) is 0.643. The first-order valence-corrected chi connectivity index (χ1v) is 8.48. The van der Waals surface area contributed by atoms with Crippen LogP contribution in [0.2, 0.25) is 0 Å². The van der Waals surface area contributed by atoms with E-state index in [4.69, 9.17) is 4.74 Å². The predicted molar refractivity (Wildman–Crippen MR) is 78.7 cm³/mol.